The van der Waals surface area contributed by atoms with E-state index in [1.54, 1.807) is 36.8 Å². The molecule has 0 atom stereocenters. The molecule has 3 heterocycles. The average Bonchev–Trinajstić information content (AvgIpc) is 3.05. The van der Waals surface area contributed by atoms with Gasteiger partial charge in [-0.1, -0.05) is 23.9 Å². The highest BCUT2D eigenvalue weighted by Crippen LogP contribution is 2.33. The van der Waals surface area contributed by atoms with E-state index >= 15 is 0 Å². The number of oxime groups is 1. The lowest BCUT2D eigenvalue weighted by Crippen LogP contribution is -2.04. The normalized spacial score (nSPS) is 11.8. The van der Waals surface area contributed by atoms with Gasteiger partial charge in [-0.2, -0.15) is 0 Å². The van der Waals surface area contributed by atoms with Crippen LogP contribution < -0.4 is 0 Å². The zero-order valence-electron chi connectivity index (χ0n) is 13.5. The maximum atomic E-state index is 9.18. The first-order chi connectivity index (χ1) is 12.2. The molecule has 0 spiro atoms. The Hall–Kier alpha value is -3.19. The van der Waals surface area contributed by atoms with Gasteiger partial charge in [0.2, 0.25) is 0 Å². The Morgan fingerprint density at radius 1 is 1.28 bits per heavy atom. The van der Waals surface area contributed by atoms with E-state index in [-0.39, 0.29) is 5.71 Å². The lowest BCUT2D eigenvalue weighted by molar-refractivity contribution is 0.319. The molecular formula is C18H15N5OS. The summed E-state index contributed by atoms with van der Waals surface area (Å²) >= 11 is 1.53. The largest absolute Gasteiger partial charge is 0.410 e. The highest BCUT2D eigenvalue weighted by atomic mass is 32.1. The van der Waals surface area contributed by atoms with Crippen LogP contribution in [-0.2, 0) is 0 Å². The lowest BCUT2D eigenvalue weighted by Gasteiger charge is -2.01. The van der Waals surface area contributed by atoms with Gasteiger partial charge in [0.25, 0.3) is 0 Å². The molecule has 0 aliphatic carbocycles. The van der Waals surface area contributed by atoms with E-state index in [9.17, 15) is 5.21 Å². The maximum Gasteiger partial charge on any atom is 0.182 e. The van der Waals surface area contributed by atoms with Gasteiger partial charge in [0.1, 0.15) is 10.7 Å². The standard InChI is InChI=1S/C18H15N5OS/c1-3-4-7-15(23-24)17-20-10-8-14(22-17)16-12(2)21-18(25-16)13-6-5-9-19-11-13/h3-11,24H,1H2,2H3/b7-4-,23-15?. The summed E-state index contributed by atoms with van der Waals surface area (Å²) in [5.41, 5.74) is 2.82. The Balaban J connectivity index is 2.01. The van der Waals surface area contributed by atoms with E-state index in [0.29, 0.717) is 5.82 Å². The van der Waals surface area contributed by atoms with E-state index in [0.717, 1.165) is 26.8 Å². The van der Waals surface area contributed by atoms with Crippen molar-refractivity contribution in [2.75, 3.05) is 0 Å². The molecule has 0 aliphatic heterocycles. The van der Waals surface area contributed by atoms with Gasteiger partial charge >= 0.3 is 0 Å². The summed E-state index contributed by atoms with van der Waals surface area (Å²) in [6.07, 6.45) is 9.98. The number of hydrogen-bond donors (Lipinski definition) is 1. The molecule has 0 amide bonds. The van der Waals surface area contributed by atoms with E-state index in [4.69, 9.17) is 0 Å². The van der Waals surface area contributed by atoms with Crippen molar-refractivity contribution in [3.8, 4) is 21.1 Å². The van der Waals surface area contributed by atoms with Crippen LogP contribution in [0.2, 0.25) is 0 Å². The Bertz CT molecular complexity index is 947. The minimum Gasteiger partial charge on any atom is -0.410 e. The quantitative estimate of drug-likeness (QED) is 0.327. The predicted octanol–water partition coefficient (Wildman–Crippen LogP) is 3.89. The summed E-state index contributed by atoms with van der Waals surface area (Å²) in [6.45, 7) is 5.53. The Morgan fingerprint density at radius 2 is 2.16 bits per heavy atom. The molecule has 0 fully saturated rings. The summed E-state index contributed by atoms with van der Waals surface area (Å²) in [4.78, 5) is 18.4. The van der Waals surface area contributed by atoms with Crippen molar-refractivity contribution in [1.29, 1.82) is 0 Å². The monoisotopic (exact) mass is 349 g/mol. The summed E-state index contributed by atoms with van der Waals surface area (Å²) < 4.78 is 0. The highest BCUT2D eigenvalue weighted by Gasteiger charge is 2.14. The fraction of sp³-hybridized carbons (Fsp3) is 0.0556. The molecule has 3 rings (SSSR count). The van der Waals surface area contributed by atoms with Crippen molar-refractivity contribution in [2.24, 2.45) is 5.16 Å². The number of hydrogen-bond acceptors (Lipinski definition) is 7. The summed E-state index contributed by atoms with van der Waals surface area (Å²) in [6, 6.07) is 5.66. The van der Waals surface area contributed by atoms with Gasteiger partial charge in [0.15, 0.2) is 5.82 Å². The van der Waals surface area contributed by atoms with Crippen LogP contribution in [0, 0.1) is 6.92 Å². The number of nitrogens with zero attached hydrogens (tertiary/aromatic N) is 5. The molecule has 0 saturated carbocycles. The molecule has 0 bridgehead atoms. The molecule has 0 unspecified atom stereocenters. The molecule has 6 nitrogen and oxygen atoms in total. The minimum atomic E-state index is 0.261. The zero-order chi connectivity index (χ0) is 17.6. The van der Waals surface area contributed by atoms with Crippen molar-refractivity contribution in [3.63, 3.8) is 0 Å². The van der Waals surface area contributed by atoms with Crippen LogP contribution in [0.1, 0.15) is 11.5 Å². The number of rotatable bonds is 5. The Kier molecular flexibility index (Phi) is 5.06. The third kappa shape index (κ3) is 3.67. The third-order valence-corrected chi connectivity index (χ3v) is 4.55. The summed E-state index contributed by atoms with van der Waals surface area (Å²) in [5.74, 6) is 0.328. The molecule has 0 aliphatic rings. The molecule has 0 aromatic carbocycles. The van der Waals surface area contributed by atoms with Crippen molar-refractivity contribution in [3.05, 3.63) is 73.1 Å². The zero-order valence-corrected chi connectivity index (χ0v) is 14.3. The van der Waals surface area contributed by atoms with Gasteiger partial charge in [-0.05, 0) is 31.2 Å². The van der Waals surface area contributed by atoms with Crippen LogP contribution in [0.25, 0.3) is 21.1 Å². The van der Waals surface area contributed by atoms with Gasteiger partial charge in [-0.15, -0.1) is 11.3 Å². The van der Waals surface area contributed by atoms with Crippen molar-refractivity contribution in [2.45, 2.75) is 6.92 Å². The highest BCUT2D eigenvalue weighted by molar-refractivity contribution is 7.18. The van der Waals surface area contributed by atoms with Crippen LogP contribution in [0.15, 0.2) is 66.8 Å². The fourth-order valence-electron chi connectivity index (χ4n) is 2.17. The van der Waals surface area contributed by atoms with Crippen molar-refractivity contribution in [1.82, 2.24) is 19.9 Å². The summed E-state index contributed by atoms with van der Waals surface area (Å²) in [5, 5.41) is 13.3. The van der Waals surface area contributed by atoms with Crippen molar-refractivity contribution >= 4 is 17.0 Å². The SMILES string of the molecule is C=C/C=C\C(=NO)c1nccc(-c2sc(-c3cccnc3)nc2C)n1. The lowest BCUT2D eigenvalue weighted by atomic mass is 10.2. The van der Waals surface area contributed by atoms with Gasteiger partial charge in [0.05, 0.1) is 16.3 Å². The maximum absolute atomic E-state index is 9.18. The van der Waals surface area contributed by atoms with E-state index in [2.05, 4.69) is 31.7 Å². The number of allylic oxidation sites excluding steroid dienone is 3. The smallest absolute Gasteiger partial charge is 0.182 e. The molecular weight excluding hydrogens is 334 g/mol. The average molecular weight is 349 g/mol. The van der Waals surface area contributed by atoms with Crippen molar-refractivity contribution < 1.29 is 5.21 Å². The molecule has 3 aromatic rings. The van der Waals surface area contributed by atoms with Crippen LogP contribution in [0.5, 0.6) is 0 Å². The van der Waals surface area contributed by atoms with Gasteiger partial charge in [-0.3, -0.25) is 4.98 Å². The minimum absolute atomic E-state index is 0.261. The molecule has 1 N–H and O–H groups in total. The molecule has 0 radical (unpaired) electrons. The molecule has 3 aromatic heterocycles. The molecule has 0 saturated heterocycles. The number of pyridine rings is 1. The summed E-state index contributed by atoms with van der Waals surface area (Å²) in [7, 11) is 0. The van der Waals surface area contributed by atoms with Crippen LogP contribution in [0.4, 0.5) is 0 Å². The fourth-order valence-corrected chi connectivity index (χ4v) is 3.19. The van der Waals surface area contributed by atoms with Crippen LogP contribution in [0.3, 0.4) is 0 Å². The number of aromatic nitrogens is 4. The van der Waals surface area contributed by atoms with E-state index < -0.39 is 0 Å². The Morgan fingerprint density at radius 3 is 2.88 bits per heavy atom. The molecule has 7 heteroatoms. The second kappa shape index (κ2) is 7.59. The second-order valence-corrected chi connectivity index (χ2v) is 6.02. The topological polar surface area (TPSA) is 84.2 Å². The first kappa shape index (κ1) is 16.7. The third-order valence-electron chi connectivity index (χ3n) is 3.32. The van der Waals surface area contributed by atoms with E-state index in [1.807, 2.05) is 25.1 Å². The van der Waals surface area contributed by atoms with Crippen LogP contribution in [-0.4, -0.2) is 30.9 Å². The first-order valence-electron chi connectivity index (χ1n) is 7.45. The van der Waals surface area contributed by atoms with Gasteiger partial charge in [-0.25, -0.2) is 15.0 Å². The predicted molar refractivity (Wildman–Crippen MR) is 98.8 cm³/mol. The number of thiazole rings is 1. The van der Waals surface area contributed by atoms with Gasteiger partial charge in [0, 0.05) is 24.2 Å². The molecule has 25 heavy (non-hydrogen) atoms. The second-order valence-electron chi connectivity index (χ2n) is 5.02. The number of aryl methyl sites for hydroxylation is 1. The van der Waals surface area contributed by atoms with Gasteiger partial charge < -0.3 is 5.21 Å². The molecule has 124 valence electrons. The van der Waals surface area contributed by atoms with E-state index in [1.165, 1.54) is 11.3 Å². The van der Waals surface area contributed by atoms with Crippen LogP contribution >= 0.6 is 11.3 Å². The first-order valence-corrected chi connectivity index (χ1v) is 8.27. The Labute approximate surface area is 149 Å².